The summed E-state index contributed by atoms with van der Waals surface area (Å²) < 4.78 is 12.9. The highest BCUT2D eigenvalue weighted by atomic mass is 35.5. The van der Waals surface area contributed by atoms with Gasteiger partial charge in [0.2, 0.25) is 0 Å². The summed E-state index contributed by atoms with van der Waals surface area (Å²) in [5.41, 5.74) is 0.949. The zero-order valence-corrected chi connectivity index (χ0v) is 10.3. The van der Waals surface area contributed by atoms with Gasteiger partial charge in [-0.2, -0.15) is 0 Å². The average Bonchev–Trinajstić information content (AvgIpc) is 2.71. The Morgan fingerprint density at radius 2 is 2.06 bits per heavy atom. The molecule has 0 bridgehead atoms. The maximum Gasteiger partial charge on any atom is 0.141 e. The number of hydrogen-bond donors (Lipinski definition) is 0. The van der Waals surface area contributed by atoms with Crippen LogP contribution in [0, 0.1) is 5.82 Å². The van der Waals surface area contributed by atoms with E-state index in [9.17, 15) is 4.39 Å². The first-order valence-corrected chi connectivity index (χ1v) is 6.13. The number of nitrogens with zero attached hydrogens (tertiary/aromatic N) is 2. The predicted octanol–water partition coefficient (Wildman–Crippen LogP) is 3.48. The van der Waals surface area contributed by atoms with Crippen LogP contribution in [0.15, 0.2) is 18.2 Å². The third kappa shape index (κ3) is 2.57. The van der Waals surface area contributed by atoms with Crippen molar-refractivity contribution in [1.29, 1.82) is 0 Å². The third-order valence-corrected chi connectivity index (χ3v) is 3.51. The van der Waals surface area contributed by atoms with Gasteiger partial charge in [0.05, 0.1) is 5.02 Å². The fourth-order valence-corrected chi connectivity index (χ4v) is 2.35. The standard InChI is InChI=1S/C11H10ClFN2S/c1-2-10-14-15-11(16-10)6-7-3-4-9(13)8(12)5-7/h3-5H,2,6H2,1H3. The number of benzene rings is 1. The maximum absolute atomic E-state index is 12.9. The van der Waals surface area contributed by atoms with Gasteiger partial charge in [0, 0.05) is 6.42 Å². The van der Waals surface area contributed by atoms with Crippen LogP contribution in [0.2, 0.25) is 5.02 Å². The lowest BCUT2D eigenvalue weighted by atomic mass is 10.1. The summed E-state index contributed by atoms with van der Waals surface area (Å²) in [6, 6.07) is 4.72. The van der Waals surface area contributed by atoms with Gasteiger partial charge in [-0.15, -0.1) is 21.5 Å². The van der Waals surface area contributed by atoms with Crippen molar-refractivity contribution in [2.45, 2.75) is 19.8 Å². The van der Waals surface area contributed by atoms with Crippen LogP contribution >= 0.6 is 22.9 Å². The van der Waals surface area contributed by atoms with E-state index in [0.29, 0.717) is 6.42 Å². The van der Waals surface area contributed by atoms with Gasteiger partial charge >= 0.3 is 0 Å². The molecule has 0 fully saturated rings. The monoisotopic (exact) mass is 256 g/mol. The van der Waals surface area contributed by atoms with Crippen LogP contribution in [0.1, 0.15) is 22.5 Å². The first-order valence-electron chi connectivity index (χ1n) is 4.94. The van der Waals surface area contributed by atoms with Gasteiger partial charge in [-0.1, -0.05) is 24.6 Å². The number of aryl methyl sites for hydroxylation is 1. The molecule has 0 aliphatic carbocycles. The van der Waals surface area contributed by atoms with Gasteiger partial charge in [0.15, 0.2) is 0 Å². The lowest BCUT2D eigenvalue weighted by molar-refractivity contribution is 0.627. The first kappa shape index (κ1) is 11.5. The summed E-state index contributed by atoms with van der Waals surface area (Å²) in [4.78, 5) is 0. The molecule has 16 heavy (non-hydrogen) atoms. The largest absolute Gasteiger partial charge is 0.205 e. The summed E-state index contributed by atoms with van der Waals surface area (Å²) in [5, 5.41) is 10.2. The lowest BCUT2D eigenvalue weighted by Crippen LogP contribution is -1.88. The topological polar surface area (TPSA) is 25.8 Å². The lowest BCUT2D eigenvalue weighted by Gasteiger charge is -1.99. The second-order valence-corrected chi connectivity index (χ2v) is 4.92. The predicted molar refractivity (Wildman–Crippen MR) is 63.5 cm³/mol. The van der Waals surface area contributed by atoms with Crippen molar-refractivity contribution in [3.05, 3.63) is 44.6 Å². The van der Waals surface area contributed by atoms with Crippen LogP contribution in [-0.4, -0.2) is 10.2 Å². The first-order chi connectivity index (χ1) is 7.69. The summed E-state index contributed by atoms with van der Waals surface area (Å²) in [6.45, 7) is 2.04. The van der Waals surface area contributed by atoms with Crippen LogP contribution in [0.25, 0.3) is 0 Å². The second kappa shape index (κ2) is 4.89. The maximum atomic E-state index is 12.9. The summed E-state index contributed by atoms with van der Waals surface area (Å²) in [6.07, 6.45) is 1.54. The van der Waals surface area contributed by atoms with Crippen molar-refractivity contribution >= 4 is 22.9 Å². The number of halogens is 2. The van der Waals surface area contributed by atoms with Crippen molar-refractivity contribution in [3.8, 4) is 0 Å². The van der Waals surface area contributed by atoms with Gasteiger partial charge in [0.1, 0.15) is 15.8 Å². The minimum absolute atomic E-state index is 0.151. The second-order valence-electron chi connectivity index (χ2n) is 3.37. The molecule has 5 heteroatoms. The van der Waals surface area contributed by atoms with Crippen LogP contribution in [0.5, 0.6) is 0 Å². The molecular formula is C11H10ClFN2S. The molecule has 1 heterocycles. The Morgan fingerprint density at radius 3 is 2.69 bits per heavy atom. The van der Waals surface area contributed by atoms with Crippen LogP contribution in [0.4, 0.5) is 4.39 Å². The Labute approximate surface area is 102 Å². The average molecular weight is 257 g/mol. The number of rotatable bonds is 3. The summed E-state index contributed by atoms with van der Waals surface area (Å²) in [7, 11) is 0. The Bertz CT molecular complexity index is 498. The molecule has 2 aromatic rings. The fourth-order valence-electron chi connectivity index (χ4n) is 1.33. The van der Waals surface area contributed by atoms with Crippen LogP contribution in [0.3, 0.4) is 0 Å². The van der Waals surface area contributed by atoms with E-state index < -0.39 is 5.82 Å². The van der Waals surface area contributed by atoms with Gasteiger partial charge in [-0.3, -0.25) is 0 Å². The normalized spacial score (nSPS) is 10.7. The van der Waals surface area contributed by atoms with Crippen molar-refractivity contribution < 1.29 is 4.39 Å². The Kier molecular flexibility index (Phi) is 3.51. The van der Waals surface area contributed by atoms with Gasteiger partial charge in [-0.25, -0.2) is 4.39 Å². The van der Waals surface area contributed by atoms with E-state index in [0.717, 1.165) is 22.0 Å². The summed E-state index contributed by atoms with van der Waals surface area (Å²) in [5.74, 6) is -0.392. The minimum Gasteiger partial charge on any atom is -0.205 e. The van der Waals surface area contributed by atoms with E-state index >= 15 is 0 Å². The van der Waals surface area contributed by atoms with Crippen molar-refractivity contribution in [1.82, 2.24) is 10.2 Å². The Hall–Kier alpha value is -1.00. The van der Waals surface area contributed by atoms with Crippen LogP contribution < -0.4 is 0 Å². The van der Waals surface area contributed by atoms with E-state index in [1.807, 2.05) is 6.92 Å². The number of aromatic nitrogens is 2. The molecule has 2 nitrogen and oxygen atoms in total. The molecule has 0 aliphatic heterocycles. The SMILES string of the molecule is CCc1nnc(Cc2ccc(F)c(Cl)c2)s1. The molecule has 2 rings (SSSR count). The van der Waals surface area contributed by atoms with Crippen LogP contribution in [-0.2, 0) is 12.8 Å². The van der Waals surface area contributed by atoms with Gasteiger partial charge in [0.25, 0.3) is 0 Å². The van der Waals surface area contributed by atoms with E-state index in [1.165, 1.54) is 6.07 Å². The molecule has 0 radical (unpaired) electrons. The highest BCUT2D eigenvalue weighted by Gasteiger charge is 2.06. The molecule has 0 aliphatic rings. The third-order valence-electron chi connectivity index (χ3n) is 2.15. The van der Waals surface area contributed by atoms with E-state index in [-0.39, 0.29) is 5.02 Å². The van der Waals surface area contributed by atoms with Crippen molar-refractivity contribution in [2.75, 3.05) is 0 Å². The highest BCUT2D eigenvalue weighted by molar-refractivity contribution is 7.11. The molecule has 0 saturated carbocycles. The summed E-state index contributed by atoms with van der Waals surface area (Å²) >= 11 is 7.28. The minimum atomic E-state index is -0.392. The molecule has 0 unspecified atom stereocenters. The number of hydrogen-bond acceptors (Lipinski definition) is 3. The quantitative estimate of drug-likeness (QED) is 0.840. The molecule has 0 atom stereocenters. The van der Waals surface area contributed by atoms with Crippen molar-refractivity contribution in [3.63, 3.8) is 0 Å². The highest BCUT2D eigenvalue weighted by Crippen LogP contribution is 2.20. The molecule has 0 spiro atoms. The molecule has 1 aromatic heterocycles. The Balaban J connectivity index is 2.17. The zero-order chi connectivity index (χ0) is 11.5. The van der Waals surface area contributed by atoms with E-state index in [1.54, 1.807) is 23.5 Å². The molecule has 1 aromatic carbocycles. The Morgan fingerprint density at radius 1 is 1.31 bits per heavy atom. The van der Waals surface area contributed by atoms with Crippen molar-refractivity contribution in [2.24, 2.45) is 0 Å². The van der Waals surface area contributed by atoms with E-state index in [4.69, 9.17) is 11.6 Å². The molecule has 0 N–H and O–H groups in total. The molecule has 0 saturated heterocycles. The molecular weight excluding hydrogens is 247 g/mol. The smallest absolute Gasteiger partial charge is 0.141 e. The molecule has 0 amide bonds. The van der Waals surface area contributed by atoms with E-state index in [2.05, 4.69) is 10.2 Å². The fraction of sp³-hybridized carbons (Fsp3) is 0.273. The van der Waals surface area contributed by atoms with Gasteiger partial charge in [-0.05, 0) is 24.1 Å². The zero-order valence-electron chi connectivity index (χ0n) is 8.70. The van der Waals surface area contributed by atoms with Gasteiger partial charge < -0.3 is 0 Å². The molecule has 84 valence electrons.